The second-order valence-corrected chi connectivity index (χ2v) is 7.48. The van der Waals surface area contributed by atoms with Gasteiger partial charge in [-0.2, -0.15) is 0 Å². The Balaban J connectivity index is 2.52. The molecule has 2 unspecified atom stereocenters. The molecule has 1 heterocycles. The average molecular weight is 312 g/mol. The van der Waals surface area contributed by atoms with E-state index in [4.69, 9.17) is 4.74 Å². The molecule has 1 fully saturated rings. The van der Waals surface area contributed by atoms with Gasteiger partial charge in [-0.3, -0.25) is 0 Å². The molecule has 0 aromatic rings. The summed E-state index contributed by atoms with van der Waals surface area (Å²) in [5, 5.41) is 3.67. The zero-order valence-electron chi connectivity index (χ0n) is 15.3. The van der Waals surface area contributed by atoms with Crippen LogP contribution in [0, 0.1) is 0 Å². The van der Waals surface area contributed by atoms with Crippen LogP contribution in [0.3, 0.4) is 0 Å². The summed E-state index contributed by atoms with van der Waals surface area (Å²) in [4.78, 5) is 14.3. The highest BCUT2D eigenvalue weighted by Gasteiger charge is 2.30. The maximum atomic E-state index is 12.4. The molecular formula is C18H36N2O2. The fraction of sp³-hybridized carbons (Fsp3) is 0.944. The van der Waals surface area contributed by atoms with E-state index in [2.05, 4.69) is 19.2 Å². The molecule has 1 saturated heterocycles. The van der Waals surface area contributed by atoms with Crippen LogP contribution in [-0.4, -0.2) is 41.8 Å². The fourth-order valence-corrected chi connectivity index (χ4v) is 2.98. The van der Waals surface area contributed by atoms with E-state index < -0.39 is 5.60 Å². The molecule has 1 amide bonds. The van der Waals surface area contributed by atoms with Crippen LogP contribution in [0.5, 0.6) is 0 Å². The lowest BCUT2D eigenvalue weighted by Gasteiger charge is -2.37. The molecule has 0 aromatic heterocycles. The fourth-order valence-electron chi connectivity index (χ4n) is 2.98. The topological polar surface area (TPSA) is 41.6 Å². The van der Waals surface area contributed by atoms with Crippen molar-refractivity contribution >= 4 is 6.09 Å². The molecule has 1 aliphatic rings. The van der Waals surface area contributed by atoms with Crippen molar-refractivity contribution in [2.75, 3.05) is 13.1 Å². The molecule has 4 heteroatoms. The molecule has 0 spiro atoms. The number of hydrogen-bond donors (Lipinski definition) is 1. The molecule has 0 saturated carbocycles. The van der Waals surface area contributed by atoms with Crippen molar-refractivity contribution in [1.29, 1.82) is 0 Å². The minimum absolute atomic E-state index is 0.152. The molecular weight excluding hydrogens is 276 g/mol. The van der Waals surface area contributed by atoms with Crippen molar-refractivity contribution in [3.8, 4) is 0 Å². The van der Waals surface area contributed by atoms with Crippen LogP contribution in [0.4, 0.5) is 4.79 Å². The Kier molecular flexibility index (Phi) is 8.23. The van der Waals surface area contributed by atoms with Crippen LogP contribution in [-0.2, 0) is 4.74 Å². The Labute approximate surface area is 137 Å². The van der Waals surface area contributed by atoms with Gasteiger partial charge in [0.05, 0.1) is 0 Å². The van der Waals surface area contributed by atoms with Crippen molar-refractivity contribution < 1.29 is 9.53 Å². The maximum absolute atomic E-state index is 12.4. The summed E-state index contributed by atoms with van der Waals surface area (Å²) < 4.78 is 5.56. The second kappa shape index (κ2) is 9.39. The lowest BCUT2D eigenvalue weighted by molar-refractivity contribution is 0.00961. The van der Waals surface area contributed by atoms with Crippen LogP contribution in [0.25, 0.3) is 0 Å². The third-order valence-corrected chi connectivity index (χ3v) is 4.30. The molecule has 0 bridgehead atoms. The summed E-state index contributed by atoms with van der Waals surface area (Å²) in [5.74, 6) is 0. The van der Waals surface area contributed by atoms with Gasteiger partial charge < -0.3 is 15.0 Å². The van der Waals surface area contributed by atoms with E-state index in [1.54, 1.807) is 0 Å². The Bertz CT molecular complexity index is 326. The standard InChI is InChI=1S/C18H36N2O2/c1-6-8-11-15(7-2)19-14-16-12-9-10-13-20(16)17(21)22-18(3,4)5/h15-16,19H,6-14H2,1-5H3. The largest absolute Gasteiger partial charge is 0.444 e. The summed E-state index contributed by atoms with van der Waals surface area (Å²) >= 11 is 0. The SMILES string of the molecule is CCCCC(CC)NCC1CCCCN1C(=O)OC(C)(C)C. The van der Waals surface area contributed by atoms with Crippen LogP contribution >= 0.6 is 0 Å². The van der Waals surface area contributed by atoms with Gasteiger partial charge in [-0.25, -0.2) is 4.79 Å². The number of ether oxygens (including phenoxy) is 1. The van der Waals surface area contributed by atoms with Crippen molar-refractivity contribution in [3.05, 3.63) is 0 Å². The molecule has 0 aromatic carbocycles. The van der Waals surface area contributed by atoms with Crippen LogP contribution < -0.4 is 5.32 Å². The van der Waals surface area contributed by atoms with Gasteiger partial charge in [0.15, 0.2) is 0 Å². The molecule has 1 rings (SSSR count). The first-order valence-corrected chi connectivity index (χ1v) is 9.10. The normalized spacial score (nSPS) is 20.8. The number of rotatable bonds is 7. The molecule has 22 heavy (non-hydrogen) atoms. The van der Waals surface area contributed by atoms with Crippen LogP contribution in [0.15, 0.2) is 0 Å². The van der Waals surface area contributed by atoms with Gasteiger partial charge in [-0.15, -0.1) is 0 Å². The number of piperidine rings is 1. The van der Waals surface area contributed by atoms with Crippen LogP contribution in [0.2, 0.25) is 0 Å². The first kappa shape index (κ1) is 19.3. The summed E-state index contributed by atoms with van der Waals surface area (Å²) in [6, 6.07) is 0.849. The van der Waals surface area contributed by atoms with E-state index in [0.717, 1.165) is 32.4 Å². The number of unbranched alkanes of at least 4 members (excludes halogenated alkanes) is 1. The Morgan fingerprint density at radius 2 is 2.05 bits per heavy atom. The van der Waals surface area contributed by atoms with E-state index in [1.165, 1.54) is 25.7 Å². The van der Waals surface area contributed by atoms with E-state index in [9.17, 15) is 4.79 Å². The lowest BCUT2D eigenvalue weighted by atomic mass is 10.0. The van der Waals surface area contributed by atoms with E-state index in [-0.39, 0.29) is 12.1 Å². The molecule has 2 atom stereocenters. The zero-order valence-corrected chi connectivity index (χ0v) is 15.3. The third-order valence-electron chi connectivity index (χ3n) is 4.30. The maximum Gasteiger partial charge on any atom is 0.410 e. The second-order valence-electron chi connectivity index (χ2n) is 7.48. The molecule has 1 aliphatic heterocycles. The summed E-state index contributed by atoms with van der Waals surface area (Å²) in [7, 11) is 0. The Morgan fingerprint density at radius 3 is 2.64 bits per heavy atom. The zero-order chi connectivity index (χ0) is 16.6. The number of amides is 1. The monoisotopic (exact) mass is 312 g/mol. The minimum Gasteiger partial charge on any atom is -0.444 e. The van der Waals surface area contributed by atoms with Gasteiger partial charge in [0, 0.05) is 25.2 Å². The van der Waals surface area contributed by atoms with Gasteiger partial charge >= 0.3 is 6.09 Å². The highest BCUT2D eigenvalue weighted by atomic mass is 16.6. The van der Waals surface area contributed by atoms with E-state index in [0.29, 0.717) is 6.04 Å². The molecule has 130 valence electrons. The number of nitrogens with one attached hydrogen (secondary N) is 1. The van der Waals surface area contributed by atoms with Crippen molar-refractivity contribution in [2.45, 2.75) is 97.2 Å². The van der Waals surface area contributed by atoms with Crippen molar-refractivity contribution in [1.82, 2.24) is 10.2 Å². The third kappa shape index (κ3) is 6.99. The molecule has 1 N–H and O–H groups in total. The van der Waals surface area contributed by atoms with Gasteiger partial charge in [0.2, 0.25) is 0 Å². The lowest BCUT2D eigenvalue weighted by Crippen LogP contribution is -2.51. The van der Waals surface area contributed by atoms with Crippen molar-refractivity contribution in [2.24, 2.45) is 0 Å². The smallest absolute Gasteiger partial charge is 0.410 e. The van der Waals surface area contributed by atoms with Crippen LogP contribution in [0.1, 0.15) is 79.6 Å². The van der Waals surface area contributed by atoms with Gasteiger partial charge in [-0.1, -0.05) is 26.7 Å². The molecule has 4 nitrogen and oxygen atoms in total. The highest BCUT2D eigenvalue weighted by molar-refractivity contribution is 5.68. The van der Waals surface area contributed by atoms with Gasteiger partial charge in [-0.05, 0) is 52.9 Å². The number of hydrogen-bond acceptors (Lipinski definition) is 3. The highest BCUT2D eigenvalue weighted by Crippen LogP contribution is 2.20. The Hall–Kier alpha value is -0.770. The summed E-state index contributed by atoms with van der Waals surface area (Å²) in [6.07, 6.45) is 8.11. The predicted molar refractivity (Wildman–Crippen MR) is 92.2 cm³/mol. The first-order chi connectivity index (χ1) is 10.4. The molecule has 0 radical (unpaired) electrons. The number of carbonyl (C=O) groups is 1. The van der Waals surface area contributed by atoms with E-state index in [1.807, 2.05) is 25.7 Å². The molecule has 0 aliphatic carbocycles. The van der Waals surface area contributed by atoms with Crippen molar-refractivity contribution in [3.63, 3.8) is 0 Å². The number of likely N-dealkylation sites (tertiary alicyclic amines) is 1. The number of carbonyl (C=O) groups excluding carboxylic acids is 1. The quantitative estimate of drug-likeness (QED) is 0.760. The number of nitrogens with zero attached hydrogens (tertiary/aromatic N) is 1. The van der Waals surface area contributed by atoms with Gasteiger partial charge in [0.1, 0.15) is 5.60 Å². The minimum atomic E-state index is -0.417. The average Bonchev–Trinajstić information content (AvgIpc) is 2.46. The first-order valence-electron chi connectivity index (χ1n) is 9.10. The summed E-state index contributed by atoms with van der Waals surface area (Å²) in [5.41, 5.74) is -0.417. The van der Waals surface area contributed by atoms with E-state index >= 15 is 0 Å². The Morgan fingerprint density at radius 1 is 1.32 bits per heavy atom. The van der Waals surface area contributed by atoms with Gasteiger partial charge in [0.25, 0.3) is 0 Å². The predicted octanol–water partition coefficient (Wildman–Crippen LogP) is 4.33. The summed E-state index contributed by atoms with van der Waals surface area (Å²) in [6.45, 7) is 12.0.